The Balaban J connectivity index is 2.28. The van der Waals surface area contributed by atoms with Crippen LogP contribution in [0.25, 0.3) is 0 Å². The standard InChI is InChI=1S/C12H16O3S/c1-9-3-8-16-10(9)11(13)12(14-2)4-6-15-7-5-12/h3,8H,4-7H2,1-2H3. The van der Waals surface area contributed by atoms with E-state index in [2.05, 4.69) is 0 Å². The Hall–Kier alpha value is -0.710. The van der Waals surface area contributed by atoms with Gasteiger partial charge in [0.1, 0.15) is 5.60 Å². The van der Waals surface area contributed by atoms with Gasteiger partial charge in [-0.25, -0.2) is 0 Å². The van der Waals surface area contributed by atoms with Gasteiger partial charge in [0.2, 0.25) is 5.78 Å². The molecule has 1 aromatic heterocycles. The van der Waals surface area contributed by atoms with Crippen LogP contribution in [0.5, 0.6) is 0 Å². The van der Waals surface area contributed by atoms with Gasteiger partial charge in [-0.3, -0.25) is 4.79 Å². The minimum Gasteiger partial charge on any atom is -0.381 e. The van der Waals surface area contributed by atoms with Crippen LogP contribution >= 0.6 is 11.3 Å². The number of rotatable bonds is 3. The third kappa shape index (κ3) is 1.93. The number of Topliss-reactive ketones (excluding diaryl/α,β-unsaturated/α-hetero) is 1. The quantitative estimate of drug-likeness (QED) is 0.761. The summed E-state index contributed by atoms with van der Waals surface area (Å²) in [6.07, 6.45) is 1.30. The maximum atomic E-state index is 12.5. The molecule has 3 nitrogen and oxygen atoms in total. The third-order valence-electron chi connectivity index (χ3n) is 3.17. The molecular weight excluding hydrogens is 224 g/mol. The Morgan fingerprint density at radius 3 is 2.69 bits per heavy atom. The number of ether oxygens (including phenoxy) is 2. The number of hydrogen-bond acceptors (Lipinski definition) is 4. The summed E-state index contributed by atoms with van der Waals surface area (Å²) in [5.41, 5.74) is 0.381. The molecule has 1 saturated heterocycles. The molecule has 0 bridgehead atoms. The van der Waals surface area contributed by atoms with Crippen molar-refractivity contribution in [1.29, 1.82) is 0 Å². The first kappa shape index (κ1) is 11.8. The number of hydrogen-bond donors (Lipinski definition) is 0. The minimum absolute atomic E-state index is 0.116. The molecule has 1 fully saturated rings. The fourth-order valence-electron chi connectivity index (χ4n) is 2.04. The zero-order valence-corrected chi connectivity index (χ0v) is 10.4. The summed E-state index contributed by atoms with van der Waals surface area (Å²) in [6.45, 7) is 3.17. The molecule has 16 heavy (non-hydrogen) atoms. The summed E-state index contributed by atoms with van der Waals surface area (Å²) in [4.78, 5) is 13.3. The predicted octanol–water partition coefficient (Wildman–Crippen LogP) is 2.43. The molecule has 2 rings (SSSR count). The van der Waals surface area contributed by atoms with Crippen LogP contribution in [0.3, 0.4) is 0 Å². The van der Waals surface area contributed by atoms with Crippen molar-refractivity contribution >= 4 is 17.1 Å². The van der Waals surface area contributed by atoms with E-state index in [4.69, 9.17) is 9.47 Å². The smallest absolute Gasteiger partial charge is 0.204 e. The lowest BCUT2D eigenvalue weighted by Gasteiger charge is -2.34. The van der Waals surface area contributed by atoms with Gasteiger partial charge in [-0.1, -0.05) is 0 Å². The fourth-order valence-corrected chi connectivity index (χ4v) is 2.99. The van der Waals surface area contributed by atoms with E-state index < -0.39 is 5.60 Å². The SMILES string of the molecule is COC1(C(=O)c2sccc2C)CCOCC1. The first-order valence-corrected chi connectivity index (χ1v) is 6.29. The van der Waals surface area contributed by atoms with Crippen LogP contribution in [0, 0.1) is 6.92 Å². The van der Waals surface area contributed by atoms with E-state index in [1.807, 2.05) is 18.4 Å². The van der Waals surface area contributed by atoms with Crippen LogP contribution in [0.2, 0.25) is 0 Å². The van der Waals surface area contributed by atoms with Crippen molar-refractivity contribution in [2.45, 2.75) is 25.4 Å². The molecule has 88 valence electrons. The number of carbonyl (C=O) groups is 1. The van der Waals surface area contributed by atoms with Crippen LogP contribution < -0.4 is 0 Å². The lowest BCUT2D eigenvalue weighted by molar-refractivity contribution is -0.0661. The normalized spacial score (nSPS) is 19.6. The molecule has 0 saturated carbocycles. The Morgan fingerprint density at radius 1 is 1.50 bits per heavy atom. The highest BCUT2D eigenvalue weighted by molar-refractivity contribution is 7.12. The van der Waals surface area contributed by atoms with E-state index >= 15 is 0 Å². The van der Waals surface area contributed by atoms with Gasteiger partial charge in [-0.2, -0.15) is 0 Å². The van der Waals surface area contributed by atoms with Crippen molar-refractivity contribution < 1.29 is 14.3 Å². The highest BCUT2D eigenvalue weighted by Gasteiger charge is 2.41. The topological polar surface area (TPSA) is 35.5 Å². The van der Waals surface area contributed by atoms with Gasteiger partial charge in [0.25, 0.3) is 0 Å². The van der Waals surface area contributed by atoms with Crippen molar-refractivity contribution in [1.82, 2.24) is 0 Å². The molecule has 0 atom stereocenters. The zero-order valence-electron chi connectivity index (χ0n) is 9.62. The number of methoxy groups -OCH3 is 1. The van der Waals surface area contributed by atoms with Crippen molar-refractivity contribution in [3.8, 4) is 0 Å². The summed E-state index contributed by atoms with van der Waals surface area (Å²) in [5, 5.41) is 1.95. The van der Waals surface area contributed by atoms with E-state index in [-0.39, 0.29) is 5.78 Å². The molecule has 0 amide bonds. The van der Waals surface area contributed by atoms with Gasteiger partial charge in [0.05, 0.1) is 4.88 Å². The zero-order chi connectivity index (χ0) is 11.6. The van der Waals surface area contributed by atoms with Crippen molar-refractivity contribution in [3.63, 3.8) is 0 Å². The molecule has 0 N–H and O–H groups in total. The molecule has 1 aliphatic heterocycles. The molecule has 1 aliphatic rings. The van der Waals surface area contributed by atoms with E-state index in [0.717, 1.165) is 10.4 Å². The predicted molar refractivity (Wildman–Crippen MR) is 63.2 cm³/mol. The van der Waals surface area contributed by atoms with Crippen LogP contribution in [0.15, 0.2) is 11.4 Å². The van der Waals surface area contributed by atoms with E-state index in [9.17, 15) is 4.79 Å². The first-order chi connectivity index (χ1) is 7.69. The van der Waals surface area contributed by atoms with Crippen LogP contribution in [-0.4, -0.2) is 31.7 Å². The summed E-state index contributed by atoms with van der Waals surface area (Å²) < 4.78 is 10.8. The largest absolute Gasteiger partial charge is 0.381 e. The molecule has 2 heterocycles. The maximum absolute atomic E-state index is 12.5. The van der Waals surface area contributed by atoms with Crippen molar-refractivity contribution in [3.05, 3.63) is 21.9 Å². The van der Waals surface area contributed by atoms with E-state index in [0.29, 0.717) is 26.1 Å². The molecule has 4 heteroatoms. The van der Waals surface area contributed by atoms with Gasteiger partial charge >= 0.3 is 0 Å². The van der Waals surface area contributed by atoms with Crippen molar-refractivity contribution in [2.24, 2.45) is 0 Å². The minimum atomic E-state index is -0.659. The molecule has 0 unspecified atom stereocenters. The van der Waals surface area contributed by atoms with Gasteiger partial charge in [-0.05, 0) is 23.9 Å². The second-order valence-electron chi connectivity index (χ2n) is 4.07. The van der Waals surface area contributed by atoms with Crippen molar-refractivity contribution in [2.75, 3.05) is 20.3 Å². The summed E-state index contributed by atoms with van der Waals surface area (Å²) in [6, 6.07) is 1.97. The Morgan fingerprint density at radius 2 is 2.19 bits per heavy atom. The van der Waals surface area contributed by atoms with E-state index in [1.54, 1.807) is 7.11 Å². The fraction of sp³-hybridized carbons (Fsp3) is 0.583. The second kappa shape index (κ2) is 4.65. The Kier molecular flexibility index (Phi) is 3.42. The Labute approximate surface area is 99.4 Å². The van der Waals surface area contributed by atoms with Gasteiger partial charge in [0.15, 0.2) is 0 Å². The Bertz CT molecular complexity index is 377. The molecule has 0 aliphatic carbocycles. The highest BCUT2D eigenvalue weighted by Crippen LogP contribution is 2.31. The summed E-state index contributed by atoms with van der Waals surface area (Å²) in [5.74, 6) is 0.116. The lowest BCUT2D eigenvalue weighted by atomic mass is 9.87. The highest BCUT2D eigenvalue weighted by atomic mass is 32.1. The maximum Gasteiger partial charge on any atom is 0.204 e. The van der Waals surface area contributed by atoms with Crippen LogP contribution in [0.4, 0.5) is 0 Å². The first-order valence-electron chi connectivity index (χ1n) is 5.41. The summed E-state index contributed by atoms with van der Waals surface area (Å²) >= 11 is 1.49. The molecule has 0 spiro atoms. The average Bonchev–Trinajstić information content (AvgIpc) is 2.75. The number of ketones is 1. The van der Waals surface area contributed by atoms with Crippen LogP contribution in [0.1, 0.15) is 28.1 Å². The number of thiophene rings is 1. The molecular formula is C12H16O3S. The van der Waals surface area contributed by atoms with Gasteiger partial charge < -0.3 is 9.47 Å². The van der Waals surface area contributed by atoms with Gasteiger partial charge in [-0.15, -0.1) is 11.3 Å². The number of carbonyl (C=O) groups excluding carboxylic acids is 1. The third-order valence-corrected chi connectivity index (χ3v) is 4.19. The number of aryl methyl sites for hydroxylation is 1. The van der Waals surface area contributed by atoms with Crippen LogP contribution in [-0.2, 0) is 9.47 Å². The lowest BCUT2D eigenvalue weighted by Crippen LogP contribution is -2.45. The average molecular weight is 240 g/mol. The monoisotopic (exact) mass is 240 g/mol. The molecule has 1 aromatic rings. The molecule has 0 radical (unpaired) electrons. The second-order valence-corrected chi connectivity index (χ2v) is 4.99. The molecule has 0 aromatic carbocycles. The summed E-state index contributed by atoms with van der Waals surface area (Å²) in [7, 11) is 1.62. The van der Waals surface area contributed by atoms with E-state index in [1.165, 1.54) is 11.3 Å². The van der Waals surface area contributed by atoms with Gasteiger partial charge in [0, 0.05) is 33.2 Å².